The molecule has 0 aromatic heterocycles. The Morgan fingerprint density at radius 1 is 1.38 bits per heavy atom. The molecule has 0 spiro atoms. The fourth-order valence-corrected chi connectivity index (χ4v) is 3.63. The van der Waals surface area contributed by atoms with Gasteiger partial charge in [-0.25, -0.2) is 8.42 Å². The first kappa shape index (κ1) is 12.3. The quantitative estimate of drug-likeness (QED) is 0.748. The van der Waals surface area contributed by atoms with E-state index in [-0.39, 0.29) is 5.75 Å². The van der Waals surface area contributed by atoms with E-state index in [0.717, 1.165) is 38.5 Å². The van der Waals surface area contributed by atoms with Crippen LogP contribution in [0.2, 0.25) is 0 Å². The van der Waals surface area contributed by atoms with Crippen molar-refractivity contribution in [2.75, 3.05) is 37.7 Å². The lowest BCUT2D eigenvalue weighted by Gasteiger charge is -2.16. The Kier molecular flexibility index (Phi) is 3.87. The number of fused-ring (bicyclic) bond motifs is 1. The van der Waals surface area contributed by atoms with Crippen molar-refractivity contribution in [3.8, 4) is 0 Å². The predicted molar refractivity (Wildman–Crippen MR) is 65.3 cm³/mol. The lowest BCUT2D eigenvalue weighted by atomic mass is 10.1. The largest absolute Gasteiger partial charge is 0.312 e. The molecule has 0 aromatic carbocycles. The van der Waals surface area contributed by atoms with Crippen molar-refractivity contribution in [2.24, 2.45) is 5.92 Å². The zero-order chi connectivity index (χ0) is 11.6. The number of nitrogens with zero attached hydrogens (tertiary/aromatic N) is 1. The van der Waals surface area contributed by atoms with Gasteiger partial charge in [-0.05, 0) is 31.8 Å². The van der Waals surface area contributed by atoms with E-state index in [9.17, 15) is 8.42 Å². The van der Waals surface area contributed by atoms with Gasteiger partial charge in [-0.1, -0.05) is 6.92 Å². The van der Waals surface area contributed by atoms with Gasteiger partial charge in [0.2, 0.25) is 0 Å². The first-order valence-corrected chi connectivity index (χ1v) is 8.09. The molecule has 0 aliphatic carbocycles. The Labute approximate surface area is 98.3 Å². The van der Waals surface area contributed by atoms with Crippen molar-refractivity contribution >= 4 is 9.84 Å². The maximum Gasteiger partial charge on any atom is 0.150 e. The van der Waals surface area contributed by atoms with Gasteiger partial charge in [0.15, 0.2) is 0 Å². The lowest BCUT2D eigenvalue weighted by Crippen LogP contribution is -2.31. The standard InChI is InChI=1S/C11H22N2O2S/c1-2-16(14,15)7-3-6-13-8-10-4-5-12-11(10)9-13/h10-12H,2-9H2,1H3/t10-,11+/m0/s1. The fourth-order valence-electron chi connectivity index (χ4n) is 2.77. The van der Waals surface area contributed by atoms with E-state index in [0.29, 0.717) is 11.8 Å². The van der Waals surface area contributed by atoms with Crippen molar-refractivity contribution in [2.45, 2.75) is 25.8 Å². The minimum Gasteiger partial charge on any atom is -0.312 e. The van der Waals surface area contributed by atoms with Crippen molar-refractivity contribution in [1.29, 1.82) is 0 Å². The smallest absolute Gasteiger partial charge is 0.150 e. The van der Waals surface area contributed by atoms with Gasteiger partial charge in [0.05, 0.1) is 5.75 Å². The maximum absolute atomic E-state index is 11.3. The van der Waals surface area contributed by atoms with Gasteiger partial charge in [-0.2, -0.15) is 0 Å². The molecule has 2 saturated heterocycles. The summed E-state index contributed by atoms with van der Waals surface area (Å²) in [7, 11) is -2.77. The highest BCUT2D eigenvalue weighted by Gasteiger charge is 2.35. The topological polar surface area (TPSA) is 49.4 Å². The summed E-state index contributed by atoms with van der Waals surface area (Å²) in [5.41, 5.74) is 0. The second-order valence-electron chi connectivity index (χ2n) is 4.96. The van der Waals surface area contributed by atoms with Crippen molar-refractivity contribution < 1.29 is 8.42 Å². The monoisotopic (exact) mass is 246 g/mol. The summed E-state index contributed by atoms with van der Waals surface area (Å²) < 4.78 is 22.7. The molecule has 2 fully saturated rings. The highest BCUT2D eigenvalue weighted by Crippen LogP contribution is 2.24. The summed E-state index contributed by atoms with van der Waals surface area (Å²) >= 11 is 0. The molecule has 16 heavy (non-hydrogen) atoms. The Morgan fingerprint density at radius 3 is 2.88 bits per heavy atom. The van der Waals surface area contributed by atoms with Crippen LogP contribution in [-0.2, 0) is 9.84 Å². The third-order valence-corrected chi connectivity index (χ3v) is 5.60. The molecule has 0 aromatic rings. The van der Waals surface area contributed by atoms with Gasteiger partial charge in [0.25, 0.3) is 0 Å². The molecule has 0 saturated carbocycles. The number of rotatable bonds is 5. The van der Waals surface area contributed by atoms with Crippen LogP contribution in [0.4, 0.5) is 0 Å². The molecule has 0 amide bonds. The molecule has 2 aliphatic heterocycles. The molecule has 94 valence electrons. The fraction of sp³-hybridized carbons (Fsp3) is 1.00. The Morgan fingerprint density at radius 2 is 2.19 bits per heavy atom. The number of likely N-dealkylation sites (tertiary alicyclic amines) is 1. The van der Waals surface area contributed by atoms with E-state index in [1.165, 1.54) is 6.42 Å². The molecule has 4 nitrogen and oxygen atoms in total. The summed E-state index contributed by atoms with van der Waals surface area (Å²) in [4.78, 5) is 2.41. The van der Waals surface area contributed by atoms with Crippen LogP contribution < -0.4 is 5.32 Å². The van der Waals surface area contributed by atoms with E-state index in [2.05, 4.69) is 10.2 Å². The van der Waals surface area contributed by atoms with Gasteiger partial charge in [0, 0.05) is 24.9 Å². The van der Waals surface area contributed by atoms with Crippen LogP contribution in [0.5, 0.6) is 0 Å². The van der Waals surface area contributed by atoms with Crippen LogP contribution in [-0.4, -0.2) is 57.0 Å². The molecule has 1 N–H and O–H groups in total. The second-order valence-corrected chi connectivity index (χ2v) is 7.43. The minimum absolute atomic E-state index is 0.278. The van der Waals surface area contributed by atoms with Crippen molar-refractivity contribution in [3.05, 3.63) is 0 Å². The summed E-state index contributed by atoms with van der Waals surface area (Å²) in [6.45, 7) is 6.08. The van der Waals surface area contributed by atoms with Gasteiger partial charge < -0.3 is 10.2 Å². The van der Waals surface area contributed by atoms with Gasteiger partial charge in [-0.3, -0.25) is 0 Å². The zero-order valence-electron chi connectivity index (χ0n) is 9.98. The van der Waals surface area contributed by atoms with Crippen LogP contribution in [0.15, 0.2) is 0 Å². The third kappa shape index (κ3) is 2.96. The van der Waals surface area contributed by atoms with Gasteiger partial charge in [-0.15, -0.1) is 0 Å². The Bertz CT molecular complexity index is 317. The zero-order valence-corrected chi connectivity index (χ0v) is 10.8. The highest BCUT2D eigenvalue weighted by molar-refractivity contribution is 7.91. The minimum atomic E-state index is -2.77. The SMILES string of the molecule is CCS(=O)(=O)CCCN1C[C@@H]2CCN[C@@H]2C1. The lowest BCUT2D eigenvalue weighted by molar-refractivity contribution is 0.315. The summed E-state index contributed by atoms with van der Waals surface area (Å²) in [6.07, 6.45) is 2.07. The predicted octanol–water partition coefficient (Wildman–Crippen LogP) is 0.105. The second kappa shape index (κ2) is 5.02. The normalized spacial score (nSPS) is 30.8. The van der Waals surface area contributed by atoms with Crippen LogP contribution >= 0.6 is 0 Å². The average molecular weight is 246 g/mol. The van der Waals surface area contributed by atoms with Gasteiger partial charge >= 0.3 is 0 Å². The van der Waals surface area contributed by atoms with Crippen LogP contribution in [0, 0.1) is 5.92 Å². The van der Waals surface area contributed by atoms with Crippen LogP contribution in [0.3, 0.4) is 0 Å². The van der Waals surface area contributed by atoms with Crippen LogP contribution in [0.25, 0.3) is 0 Å². The first-order chi connectivity index (χ1) is 7.61. The third-order valence-electron chi connectivity index (χ3n) is 3.81. The first-order valence-electron chi connectivity index (χ1n) is 6.27. The molecule has 0 radical (unpaired) electrons. The molecular formula is C11H22N2O2S. The van der Waals surface area contributed by atoms with E-state index >= 15 is 0 Å². The van der Waals surface area contributed by atoms with E-state index in [1.807, 2.05) is 0 Å². The Balaban J connectivity index is 1.68. The molecule has 2 atom stereocenters. The summed E-state index contributed by atoms with van der Waals surface area (Å²) in [6, 6.07) is 0.669. The van der Waals surface area contributed by atoms with E-state index in [4.69, 9.17) is 0 Å². The molecule has 2 aliphatic rings. The van der Waals surface area contributed by atoms with Crippen LogP contribution in [0.1, 0.15) is 19.8 Å². The molecule has 0 bridgehead atoms. The number of hydrogen-bond donors (Lipinski definition) is 1. The highest BCUT2D eigenvalue weighted by atomic mass is 32.2. The molecule has 5 heteroatoms. The summed E-state index contributed by atoms with van der Waals surface area (Å²) in [5, 5.41) is 3.51. The number of hydrogen-bond acceptors (Lipinski definition) is 4. The van der Waals surface area contributed by atoms with E-state index in [1.54, 1.807) is 6.92 Å². The van der Waals surface area contributed by atoms with Gasteiger partial charge in [0.1, 0.15) is 9.84 Å². The molecule has 2 heterocycles. The van der Waals surface area contributed by atoms with Crippen molar-refractivity contribution in [1.82, 2.24) is 10.2 Å². The average Bonchev–Trinajstić information content (AvgIpc) is 2.77. The Hall–Kier alpha value is -0.130. The molecule has 0 unspecified atom stereocenters. The summed E-state index contributed by atoms with van der Waals surface area (Å²) in [5.74, 6) is 1.44. The molecular weight excluding hydrogens is 224 g/mol. The molecule has 2 rings (SSSR count). The van der Waals surface area contributed by atoms with E-state index < -0.39 is 9.84 Å². The maximum atomic E-state index is 11.3. The van der Waals surface area contributed by atoms with Crippen molar-refractivity contribution in [3.63, 3.8) is 0 Å². The number of sulfone groups is 1. The number of nitrogens with one attached hydrogen (secondary N) is 1.